The number of Topliss-reactive ketones (excluding diaryl/α,β-unsaturated/α-hetero) is 2. The van der Waals surface area contributed by atoms with E-state index in [0.29, 0.717) is 41.0 Å². The van der Waals surface area contributed by atoms with Crippen molar-refractivity contribution in [1.29, 1.82) is 0 Å². The maximum atomic E-state index is 12.1. The van der Waals surface area contributed by atoms with E-state index in [0.717, 1.165) is 25.7 Å². The molecular formula is C27H32O7. The van der Waals surface area contributed by atoms with Crippen LogP contribution in [0.1, 0.15) is 85.1 Å². The number of ketones is 2. The zero-order valence-corrected chi connectivity index (χ0v) is 19.7. The summed E-state index contributed by atoms with van der Waals surface area (Å²) in [5, 5.41) is 19.3. The molecule has 1 aliphatic rings. The van der Waals surface area contributed by atoms with Crippen LogP contribution in [0.5, 0.6) is 17.2 Å². The van der Waals surface area contributed by atoms with Gasteiger partial charge in [0.2, 0.25) is 0 Å². The number of ether oxygens (including phenoxy) is 2. The van der Waals surface area contributed by atoms with Gasteiger partial charge in [0, 0.05) is 24.0 Å². The number of rotatable bonds is 11. The minimum absolute atomic E-state index is 0.00783. The molecule has 0 unspecified atom stereocenters. The first kappa shape index (κ1) is 25.3. The summed E-state index contributed by atoms with van der Waals surface area (Å²) in [6.45, 7) is 3.45. The van der Waals surface area contributed by atoms with E-state index >= 15 is 0 Å². The zero-order chi connectivity index (χ0) is 24.7. The summed E-state index contributed by atoms with van der Waals surface area (Å²) in [6, 6.07) is 10.2. The van der Waals surface area contributed by atoms with Gasteiger partial charge in [-0.15, -0.1) is 0 Å². The number of carbonyl (C=O) groups excluding carboxylic acids is 2. The lowest BCUT2D eigenvalue weighted by Crippen LogP contribution is -2.32. The zero-order valence-electron chi connectivity index (χ0n) is 19.7. The standard InChI is InChI=1S/C27H32O7/c1-3-5-23-25(14-12-22(17(2)28)27(23)32)34-21-7-4-6-20(16-21)33-19-10-8-18(9-11-19)24(29)13-15-26(30)31/h8-12,14,20-21,32H,3-7,13,15-16H2,1-2H3,(H,30,31)/t20-,21+/m0/s1. The van der Waals surface area contributed by atoms with Crippen molar-refractivity contribution in [2.45, 2.75) is 77.4 Å². The Balaban J connectivity index is 1.63. The van der Waals surface area contributed by atoms with Crippen molar-refractivity contribution in [3.63, 3.8) is 0 Å². The average molecular weight is 469 g/mol. The van der Waals surface area contributed by atoms with Crippen LogP contribution in [0.4, 0.5) is 0 Å². The van der Waals surface area contributed by atoms with Gasteiger partial charge in [-0.1, -0.05) is 13.3 Å². The van der Waals surface area contributed by atoms with Crippen LogP contribution >= 0.6 is 0 Å². The molecule has 0 bridgehead atoms. The number of aliphatic carboxylic acids is 1. The van der Waals surface area contributed by atoms with E-state index in [2.05, 4.69) is 0 Å². The number of benzene rings is 2. The summed E-state index contributed by atoms with van der Waals surface area (Å²) in [5.74, 6) is -0.110. The Labute approximate surface area is 199 Å². The highest BCUT2D eigenvalue weighted by Gasteiger charge is 2.26. The Morgan fingerprint density at radius 1 is 0.971 bits per heavy atom. The average Bonchev–Trinajstić information content (AvgIpc) is 2.80. The molecule has 1 saturated carbocycles. The normalized spacial score (nSPS) is 17.7. The Hall–Kier alpha value is -3.35. The Kier molecular flexibility index (Phi) is 8.68. The third-order valence-corrected chi connectivity index (χ3v) is 6.04. The highest BCUT2D eigenvalue weighted by Crippen LogP contribution is 2.35. The Morgan fingerprint density at radius 2 is 1.65 bits per heavy atom. The SMILES string of the molecule is CCCc1c(O[C@@H]2CCC[C@H](Oc3ccc(C(=O)CCC(=O)O)cc3)C2)ccc(C(C)=O)c1O. The highest BCUT2D eigenvalue weighted by molar-refractivity contribution is 5.98. The van der Waals surface area contributed by atoms with Crippen LogP contribution in [0.15, 0.2) is 36.4 Å². The summed E-state index contributed by atoms with van der Waals surface area (Å²) >= 11 is 0. The fourth-order valence-electron chi connectivity index (χ4n) is 4.28. The summed E-state index contributed by atoms with van der Waals surface area (Å²) in [5.41, 5.74) is 1.45. The van der Waals surface area contributed by atoms with E-state index in [1.54, 1.807) is 36.4 Å². The van der Waals surface area contributed by atoms with E-state index < -0.39 is 5.97 Å². The molecule has 0 saturated heterocycles. The highest BCUT2D eigenvalue weighted by atomic mass is 16.5. The molecule has 0 heterocycles. The number of carboxylic acid groups (broad SMARTS) is 1. The third kappa shape index (κ3) is 6.59. The van der Waals surface area contributed by atoms with Crippen molar-refractivity contribution in [3.8, 4) is 17.2 Å². The van der Waals surface area contributed by atoms with E-state index in [4.69, 9.17) is 14.6 Å². The van der Waals surface area contributed by atoms with Gasteiger partial charge >= 0.3 is 5.97 Å². The van der Waals surface area contributed by atoms with Crippen LogP contribution in [0.3, 0.4) is 0 Å². The Bertz CT molecular complexity index is 1030. The lowest BCUT2D eigenvalue weighted by atomic mass is 9.94. The first-order chi connectivity index (χ1) is 16.3. The topological polar surface area (TPSA) is 110 Å². The number of phenolic OH excluding ortho intramolecular Hbond substituents is 1. The fraction of sp³-hybridized carbons (Fsp3) is 0.444. The molecule has 0 radical (unpaired) electrons. The van der Waals surface area contributed by atoms with Crippen molar-refractivity contribution in [2.75, 3.05) is 0 Å². The second-order valence-electron chi connectivity index (χ2n) is 8.73. The number of aromatic hydroxyl groups is 1. The van der Waals surface area contributed by atoms with E-state index in [1.165, 1.54) is 6.92 Å². The lowest BCUT2D eigenvalue weighted by Gasteiger charge is -2.31. The van der Waals surface area contributed by atoms with Crippen molar-refractivity contribution < 1.29 is 34.1 Å². The number of carbonyl (C=O) groups is 3. The first-order valence-corrected chi connectivity index (χ1v) is 11.8. The largest absolute Gasteiger partial charge is 0.507 e. The minimum atomic E-state index is -0.991. The molecule has 2 aromatic carbocycles. The predicted octanol–water partition coefficient (Wildman–Crippen LogP) is 5.36. The number of phenols is 1. The van der Waals surface area contributed by atoms with Crippen molar-refractivity contribution in [2.24, 2.45) is 0 Å². The van der Waals surface area contributed by atoms with Crippen LogP contribution in [0.2, 0.25) is 0 Å². The van der Waals surface area contributed by atoms with Gasteiger partial charge in [-0.25, -0.2) is 0 Å². The van der Waals surface area contributed by atoms with Crippen LogP contribution < -0.4 is 9.47 Å². The molecule has 7 heteroatoms. The molecule has 3 rings (SSSR count). The van der Waals surface area contributed by atoms with Crippen LogP contribution in [0.25, 0.3) is 0 Å². The van der Waals surface area contributed by atoms with Crippen molar-refractivity contribution >= 4 is 17.5 Å². The van der Waals surface area contributed by atoms with Gasteiger partial charge in [-0.3, -0.25) is 14.4 Å². The van der Waals surface area contributed by atoms with Crippen LogP contribution in [-0.2, 0) is 11.2 Å². The van der Waals surface area contributed by atoms with Crippen LogP contribution in [0, 0.1) is 0 Å². The second-order valence-corrected chi connectivity index (χ2v) is 8.73. The molecule has 2 aromatic rings. The fourth-order valence-corrected chi connectivity index (χ4v) is 4.28. The maximum absolute atomic E-state index is 12.1. The quantitative estimate of drug-likeness (QED) is 0.427. The summed E-state index contributed by atoms with van der Waals surface area (Å²) in [4.78, 5) is 34.5. The molecule has 0 amide bonds. The van der Waals surface area contributed by atoms with Gasteiger partial charge in [-0.05, 0) is 69.0 Å². The smallest absolute Gasteiger partial charge is 0.303 e. The van der Waals surface area contributed by atoms with Crippen molar-refractivity contribution in [3.05, 3.63) is 53.1 Å². The molecule has 0 spiro atoms. The number of carboxylic acids is 1. The predicted molar refractivity (Wildman–Crippen MR) is 127 cm³/mol. The molecule has 1 aliphatic carbocycles. The van der Waals surface area contributed by atoms with Crippen LogP contribution in [-0.4, -0.2) is 40.0 Å². The molecule has 34 heavy (non-hydrogen) atoms. The molecule has 0 aliphatic heterocycles. The minimum Gasteiger partial charge on any atom is -0.507 e. The van der Waals surface area contributed by atoms with Gasteiger partial charge in [0.25, 0.3) is 0 Å². The monoisotopic (exact) mass is 468 g/mol. The van der Waals surface area contributed by atoms with Gasteiger partial charge < -0.3 is 19.7 Å². The summed E-state index contributed by atoms with van der Waals surface area (Å²) in [7, 11) is 0. The number of hydrogen-bond acceptors (Lipinski definition) is 6. The van der Waals surface area contributed by atoms with Gasteiger partial charge in [0.05, 0.1) is 12.0 Å². The van der Waals surface area contributed by atoms with E-state index in [9.17, 15) is 19.5 Å². The van der Waals surface area contributed by atoms with Gasteiger partial charge in [0.1, 0.15) is 29.5 Å². The molecule has 7 nitrogen and oxygen atoms in total. The second kappa shape index (κ2) is 11.7. The van der Waals surface area contributed by atoms with Crippen molar-refractivity contribution in [1.82, 2.24) is 0 Å². The molecule has 2 N–H and O–H groups in total. The third-order valence-electron chi connectivity index (χ3n) is 6.04. The number of hydrogen-bond donors (Lipinski definition) is 2. The Morgan fingerprint density at radius 3 is 2.26 bits per heavy atom. The van der Waals surface area contributed by atoms with E-state index in [1.807, 2.05) is 6.92 Å². The molecule has 182 valence electrons. The summed E-state index contributed by atoms with van der Waals surface area (Å²) < 4.78 is 12.4. The van der Waals surface area contributed by atoms with Gasteiger partial charge in [-0.2, -0.15) is 0 Å². The maximum Gasteiger partial charge on any atom is 0.303 e. The van der Waals surface area contributed by atoms with E-state index in [-0.39, 0.29) is 42.4 Å². The molecule has 0 aromatic heterocycles. The van der Waals surface area contributed by atoms with Gasteiger partial charge in [0.15, 0.2) is 11.6 Å². The summed E-state index contributed by atoms with van der Waals surface area (Å²) in [6.07, 6.45) is 4.47. The lowest BCUT2D eigenvalue weighted by molar-refractivity contribution is -0.136. The molecule has 2 atom stereocenters. The molecule has 1 fully saturated rings. The molecular weight excluding hydrogens is 436 g/mol. The first-order valence-electron chi connectivity index (χ1n) is 11.8.